The topological polar surface area (TPSA) is 61.2 Å². The van der Waals surface area contributed by atoms with E-state index < -0.39 is 5.97 Å². The van der Waals surface area contributed by atoms with E-state index in [1.165, 1.54) is 4.90 Å². The largest absolute Gasteiger partial charge is 0.544 e. The van der Waals surface area contributed by atoms with E-state index in [-0.39, 0.29) is 6.04 Å². The molecule has 0 aromatic heterocycles. The maximum Gasteiger partial charge on any atom is 0.128 e. The third kappa shape index (κ3) is 2.19. The smallest absolute Gasteiger partial charge is 0.128 e. The molecule has 0 spiro atoms. The molecule has 0 amide bonds. The average molecular weight is 173 g/mol. The highest BCUT2D eigenvalue weighted by molar-refractivity contribution is 5.69. The van der Waals surface area contributed by atoms with Gasteiger partial charge < -0.3 is 20.1 Å². The van der Waals surface area contributed by atoms with Gasteiger partial charge in [-0.25, -0.2) is 0 Å². The van der Waals surface area contributed by atoms with Crippen LogP contribution in [0, 0.1) is 0 Å². The first-order chi connectivity index (χ1) is 5.75. The van der Waals surface area contributed by atoms with E-state index >= 15 is 0 Å². The van der Waals surface area contributed by atoms with Crippen molar-refractivity contribution in [1.29, 1.82) is 0 Å². The first-order valence-corrected chi connectivity index (χ1v) is 4.62. The molecule has 1 aliphatic rings. The predicted molar refractivity (Wildman–Crippen MR) is 41.4 cm³/mol. The number of carboxylic acid groups (broad SMARTS) is 1. The summed E-state index contributed by atoms with van der Waals surface area (Å²) in [6, 6.07) is -0.293. The molecule has 4 heteroatoms. The van der Waals surface area contributed by atoms with Crippen molar-refractivity contribution >= 4 is 5.97 Å². The number of hydrogen-bond acceptors (Lipinski definition) is 2. The number of carbonyl (C=O) groups excluding carboxylic acids is 1. The lowest BCUT2D eigenvalue weighted by molar-refractivity contribution is -0.961. The van der Waals surface area contributed by atoms with Gasteiger partial charge in [-0.3, -0.25) is 0 Å². The van der Waals surface area contributed by atoms with Gasteiger partial charge in [0.25, 0.3) is 0 Å². The SMILES string of the molecule is CC[C@@H](C(=O)[O-])[NH+]1CC[NH2+]CC1. The summed E-state index contributed by atoms with van der Waals surface area (Å²) in [6.07, 6.45) is 0.678. The zero-order chi connectivity index (χ0) is 8.97. The summed E-state index contributed by atoms with van der Waals surface area (Å²) in [7, 11) is 0. The van der Waals surface area contributed by atoms with Gasteiger partial charge >= 0.3 is 0 Å². The Kier molecular flexibility index (Phi) is 3.49. The number of nitrogens with two attached hydrogens (primary N) is 1. The van der Waals surface area contributed by atoms with Crippen LogP contribution >= 0.6 is 0 Å². The Morgan fingerprint density at radius 1 is 1.58 bits per heavy atom. The van der Waals surface area contributed by atoms with Crippen molar-refractivity contribution in [2.24, 2.45) is 0 Å². The Hall–Kier alpha value is -0.610. The molecule has 0 bridgehead atoms. The lowest BCUT2D eigenvalue weighted by Crippen LogP contribution is -3.24. The van der Waals surface area contributed by atoms with Crippen molar-refractivity contribution in [3.8, 4) is 0 Å². The number of aliphatic carboxylic acids is 1. The maximum absolute atomic E-state index is 10.7. The summed E-state index contributed by atoms with van der Waals surface area (Å²) in [6.45, 7) is 5.89. The maximum atomic E-state index is 10.7. The van der Waals surface area contributed by atoms with Crippen LogP contribution in [0.4, 0.5) is 0 Å². The van der Waals surface area contributed by atoms with Crippen LogP contribution < -0.4 is 15.3 Å². The van der Waals surface area contributed by atoms with E-state index in [0.29, 0.717) is 6.42 Å². The molecule has 1 fully saturated rings. The number of piperazine rings is 1. The minimum absolute atomic E-state index is 0.293. The van der Waals surface area contributed by atoms with Crippen LogP contribution in [0.1, 0.15) is 13.3 Å². The number of hydrogen-bond donors (Lipinski definition) is 2. The Balaban J connectivity index is 2.46. The number of carboxylic acids is 1. The number of rotatable bonds is 3. The quantitative estimate of drug-likeness (QED) is 0.457. The normalized spacial score (nSPS) is 22.1. The monoisotopic (exact) mass is 173 g/mol. The summed E-state index contributed by atoms with van der Waals surface area (Å²) in [5, 5.41) is 12.9. The highest BCUT2D eigenvalue weighted by atomic mass is 16.4. The molecule has 1 atom stereocenters. The molecule has 0 aliphatic carbocycles. The standard InChI is InChI=1S/C8H16N2O2/c1-2-7(8(11)12)10-5-3-9-4-6-10/h7,9H,2-6H2,1H3,(H,11,12)/p+1/t7-/m0/s1. The van der Waals surface area contributed by atoms with Crippen LogP contribution in [0.3, 0.4) is 0 Å². The Bertz CT molecular complexity index is 155. The fourth-order valence-corrected chi connectivity index (χ4v) is 1.81. The second-order valence-corrected chi connectivity index (χ2v) is 3.30. The van der Waals surface area contributed by atoms with Crippen molar-refractivity contribution in [1.82, 2.24) is 0 Å². The molecule has 0 radical (unpaired) electrons. The van der Waals surface area contributed by atoms with Gasteiger partial charge in [0, 0.05) is 6.42 Å². The number of carbonyl (C=O) groups is 1. The molecule has 12 heavy (non-hydrogen) atoms. The van der Waals surface area contributed by atoms with Crippen molar-refractivity contribution in [3.05, 3.63) is 0 Å². The molecule has 70 valence electrons. The summed E-state index contributed by atoms with van der Waals surface area (Å²) < 4.78 is 0. The Morgan fingerprint density at radius 3 is 2.58 bits per heavy atom. The van der Waals surface area contributed by atoms with E-state index in [9.17, 15) is 9.90 Å². The molecule has 0 unspecified atom stereocenters. The van der Waals surface area contributed by atoms with Gasteiger partial charge in [0.15, 0.2) is 0 Å². The molecule has 1 rings (SSSR count). The molecule has 1 heterocycles. The van der Waals surface area contributed by atoms with Gasteiger partial charge in [-0.1, -0.05) is 6.92 Å². The highest BCUT2D eigenvalue weighted by Crippen LogP contribution is 1.82. The third-order valence-corrected chi connectivity index (χ3v) is 2.52. The van der Waals surface area contributed by atoms with Gasteiger partial charge in [0.2, 0.25) is 0 Å². The zero-order valence-corrected chi connectivity index (χ0v) is 7.51. The Morgan fingerprint density at radius 2 is 2.17 bits per heavy atom. The summed E-state index contributed by atoms with van der Waals surface area (Å²) in [5.74, 6) is -0.894. The van der Waals surface area contributed by atoms with E-state index in [2.05, 4.69) is 5.32 Å². The summed E-state index contributed by atoms with van der Waals surface area (Å²) in [5.41, 5.74) is 0. The number of nitrogens with one attached hydrogen (secondary N) is 1. The molecule has 3 N–H and O–H groups in total. The molecule has 0 aromatic rings. The molecule has 4 nitrogen and oxygen atoms in total. The highest BCUT2D eigenvalue weighted by Gasteiger charge is 2.24. The lowest BCUT2D eigenvalue weighted by atomic mass is 10.2. The van der Waals surface area contributed by atoms with Crippen LogP contribution in [0.15, 0.2) is 0 Å². The van der Waals surface area contributed by atoms with Gasteiger partial charge in [0.1, 0.15) is 32.2 Å². The van der Waals surface area contributed by atoms with Gasteiger partial charge in [0.05, 0.1) is 5.97 Å². The molecular weight excluding hydrogens is 156 g/mol. The molecule has 0 saturated carbocycles. The molecule has 1 aliphatic heterocycles. The van der Waals surface area contributed by atoms with E-state index in [0.717, 1.165) is 26.2 Å². The van der Waals surface area contributed by atoms with Crippen molar-refractivity contribution in [2.75, 3.05) is 26.2 Å². The summed E-state index contributed by atoms with van der Waals surface area (Å²) >= 11 is 0. The van der Waals surface area contributed by atoms with Crippen LogP contribution in [-0.2, 0) is 4.79 Å². The van der Waals surface area contributed by atoms with Crippen molar-refractivity contribution in [3.63, 3.8) is 0 Å². The van der Waals surface area contributed by atoms with Crippen LogP contribution in [0.2, 0.25) is 0 Å². The molecular formula is C8H17N2O2+. The van der Waals surface area contributed by atoms with Gasteiger partial charge in [-0.2, -0.15) is 0 Å². The predicted octanol–water partition coefficient (Wildman–Crippen LogP) is -4.02. The second-order valence-electron chi connectivity index (χ2n) is 3.30. The van der Waals surface area contributed by atoms with Crippen molar-refractivity contribution in [2.45, 2.75) is 19.4 Å². The number of quaternary nitrogens is 2. The van der Waals surface area contributed by atoms with E-state index in [1.807, 2.05) is 6.92 Å². The molecule has 0 aromatic carbocycles. The van der Waals surface area contributed by atoms with Gasteiger partial charge in [-0.15, -0.1) is 0 Å². The molecule has 1 saturated heterocycles. The minimum atomic E-state index is -0.894. The second kappa shape index (κ2) is 4.42. The van der Waals surface area contributed by atoms with Crippen molar-refractivity contribution < 1.29 is 20.1 Å². The van der Waals surface area contributed by atoms with Crippen LogP contribution in [-0.4, -0.2) is 38.2 Å². The fourth-order valence-electron chi connectivity index (χ4n) is 1.81. The van der Waals surface area contributed by atoms with E-state index in [4.69, 9.17) is 0 Å². The zero-order valence-electron chi connectivity index (χ0n) is 7.51. The fraction of sp³-hybridized carbons (Fsp3) is 0.875. The minimum Gasteiger partial charge on any atom is -0.544 e. The van der Waals surface area contributed by atoms with E-state index in [1.54, 1.807) is 0 Å². The average Bonchev–Trinajstić information content (AvgIpc) is 2.07. The van der Waals surface area contributed by atoms with Gasteiger partial charge in [-0.05, 0) is 0 Å². The van der Waals surface area contributed by atoms with Crippen LogP contribution in [0.25, 0.3) is 0 Å². The first kappa shape index (κ1) is 9.48. The third-order valence-electron chi connectivity index (χ3n) is 2.52. The first-order valence-electron chi connectivity index (χ1n) is 4.62. The Labute approximate surface area is 72.6 Å². The van der Waals surface area contributed by atoms with Crippen LogP contribution in [0.5, 0.6) is 0 Å². The lowest BCUT2D eigenvalue weighted by Gasteiger charge is -2.30. The summed E-state index contributed by atoms with van der Waals surface area (Å²) in [4.78, 5) is 11.9.